The molecule has 2 aliphatic heterocycles. The summed E-state index contributed by atoms with van der Waals surface area (Å²) in [6, 6.07) is 5.37. The number of nitrogens with one attached hydrogen (secondary N) is 1. The summed E-state index contributed by atoms with van der Waals surface area (Å²) in [5, 5.41) is 2.94. The van der Waals surface area contributed by atoms with E-state index in [9.17, 15) is 22.2 Å². The van der Waals surface area contributed by atoms with Crippen molar-refractivity contribution in [3.8, 4) is 0 Å². The third kappa shape index (κ3) is 6.72. The molecule has 0 saturated carbocycles. The van der Waals surface area contributed by atoms with Gasteiger partial charge in [0.2, 0.25) is 5.82 Å². The van der Waals surface area contributed by atoms with Crippen LogP contribution in [0.4, 0.5) is 13.2 Å². The van der Waals surface area contributed by atoms with Crippen molar-refractivity contribution in [2.45, 2.75) is 75.4 Å². The first-order valence-corrected chi connectivity index (χ1v) is 15.7. The average Bonchev–Trinajstić information content (AvgIpc) is 3.40. The maximum atomic E-state index is 13.1. The van der Waals surface area contributed by atoms with Crippen molar-refractivity contribution in [3.63, 3.8) is 0 Å². The van der Waals surface area contributed by atoms with E-state index < -0.39 is 28.4 Å². The molecular formula is C28H36F3N5O4S2. The standard InChI is InChI=1S/C28H32F3N5O3S2.H2O.H2/c1-4-41(38)22-6-5-21(32-16-22)15-33-25(37)23-12-19-11-17(2)39-27(24(19)40-23)7-9-36(10-8-27)18(3)20-13-34-26(35-14-20)28(29,30)31;;/h5-6,12-14,16-18H,4,7-11,15H2,1-3H3,(H,33,37);1H2;1H/t17-,18+,41?;;/m0../s1. The maximum Gasteiger partial charge on any atom is 0.451 e. The summed E-state index contributed by atoms with van der Waals surface area (Å²) in [5.74, 6) is -0.793. The third-order valence-corrected chi connectivity index (χ3v) is 10.3. The number of ether oxygens (including phenoxy) is 1. The van der Waals surface area contributed by atoms with Crippen LogP contribution >= 0.6 is 11.3 Å². The van der Waals surface area contributed by atoms with Crippen LogP contribution < -0.4 is 5.32 Å². The largest absolute Gasteiger partial charge is 0.451 e. The predicted molar refractivity (Wildman–Crippen MR) is 155 cm³/mol. The second kappa shape index (κ2) is 12.8. The first kappa shape index (κ1) is 32.1. The highest BCUT2D eigenvalue weighted by Gasteiger charge is 2.45. The molecule has 0 bridgehead atoms. The van der Waals surface area contributed by atoms with Crippen LogP contribution in [0.5, 0.6) is 0 Å². The van der Waals surface area contributed by atoms with Gasteiger partial charge < -0.3 is 15.5 Å². The average molecular weight is 628 g/mol. The number of rotatable bonds is 7. The number of carbonyl (C=O) groups is 1. The number of halogens is 3. The summed E-state index contributed by atoms with van der Waals surface area (Å²) in [5.41, 5.74) is 1.94. The lowest BCUT2D eigenvalue weighted by atomic mass is 9.83. The van der Waals surface area contributed by atoms with Gasteiger partial charge in [0.25, 0.3) is 5.91 Å². The molecule has 1 amide bonds. The zero-order chi connectivity index (χ0) is 29.4. The first-order valence-electron chi connectivity index (χ1n) is 13.5. The minimum absolute atomic E-state index is 0. The van der Waals surface area contributed by atoms with Crippen molar-refractivity contribution in [1.29, 1.82) is 0 Å². The number of thiophene rings is 1. The summed E-state index contributed by atoms with van der Waals surface area (Å²) in [6.07, 6.45) is 1.65. The summed E-state index contributed by atoms with van der Waals surface area (Å²) in [4.78, 5) is 29.0. The quantitative estimate of drug-likeness (QED) is 0.410. The number of aromatic nitrogens is 3. The molecule has 3 N–H and O–H groups in total. The molecule has 14 heteroatoms. The number of likely N-dealkylation sites (tertiary alicyclic amines) is 1. The number of carbonyl (C=O) groups excluding carboxylic acids is 1. The molecule has 1 unspecified atom stereocenters. The molecule has 5 heterocycles. The molecule has 3 atom stereocenters. The minimum Gasteiger partial charge on any atom is -0.412 e. The maximum absolute atomic E-state index is 13.1. The molecule has 1 spiro atoms. The Bertz CT molecular complexity index is 1420. The van der Waals surface area contributed by atoms with Crippen LogP contribution in [0.2, 0.25) is 0 Å². The van der Waals surface area contributed by atoms with E-state index in [0.29, 0.717) is 52.7 Å². The van der Waals surface area contributed by atoms with Crippen LogP contribution in [-0.2, 0) is 40.3 Å². The number of alkyl halides is 3. The summed E-state index contributed by atoms with van der Waals surface area (Å²) in [6.45, 7) is 7.45. The number of pyridine rings is 1. The fourth-order valence-corrected chi connectivity index (χ4v) is 7.49. The summed E-state index contributed by atoms with van der Waals surface area (Å²) in [7, 11) is -1.07. The fraction of sp³-hybridized carbons (Fsp3) is 0.500. The molecule has 9 nitrogen and oxygen atoms in total. The van der Waals surface area contributed by atoms with Gasteiger partial charge in [-0.3, -0.25) is 18.9 Å². The zero-order valence-electron chi connectivity index (χ0n) is 23.5. The van der Waals surface area contributed by atoms with Gasteiger partial charge in [0.1, 0.15) is 5.60 Å². The number of piperidine rings is 1. The second-order valence-corrected chi connectivity index (χ2v) is 13.2. The van der Waals surface area contributed by atoms with E-state index in [-0.39, 0.29) is 31.5 Å². The van der Waals surface area contributed by atoms with Crippen molar-refractivity contribution in [3.05, 3.63) is 69.2 Å². The third-order valence-electron chi connectivity index (χ3n) is 7.69. The Labute approximate surface area is 250 Å². The van der Waals surface area contributed by atoms with Gasteiger partial charge >= 0.3 is 6.18 Å². The van der Waals surface area contributed by atoms with Gasteiger partial charge in [-0.25, -0.2) is 9.97 Å². The molecule has 0 aromatic carbocycles. The van der Waals surface area contributed by atoms with E-state index in [1.165, 1.54) is 23.7 Å². The first-order chi connectivity index (χ1) is 19.5. The molecule has 1 fully saturated rings. The van der Waals surface area contributed by atoms with Gasteiger partial charge in [-0.05, 0) is 56.9 Å². The van der Waals surface area contributed by atoms with Gasteiger partial charge in [-0.2, -0.15) is 13.2 Å². The van der Waals surface area contributed by atoms with E-state index in [2.05, 4.69) is 25.2 Å². The van der Waals surface area contributed by atoms with Gasteiger partial charge in [-0.15, -0.1) is 11.3 Å². The van der Waals surface area contributed by atoms with E-state index in [1.807, 2.05) is 26.8 Å². The minimum atomic E-state index is -4.57. The molecule has 42 heavy (non-hydrogen) atoms. The van der Waals surface area contributed by atoms with Crippen molar-refractivity contribution in [2.75, 3.05) is 18.8 Å². The molecule has 0 radical (unpaired) electrons. The second-order valence-electron chi connectivity index (χ2n) is 10.4. The Morgan fingerprint density at radius 3 is 2.52 bits per heavy atom. The number of fused-ring (bicyclic) bond motifs is 2. The van der Waals surface area contributed by atoms with E-state index in [4.69, 9.17) is 4.74 Å². The van der Waals surface area contributed by atoms with E-state index in [1.54, 1.807) is 18.3 Å². The van der Waals surface area contributed by atoms with Crippen LogP contribution in [0.3, 0.4) is 0 Å². The number of nitrogens with zero attached hydrogens (tertiary/aromatic N) is 4. The van der Waals surface area contributed by atoms with Crippen molar-refractivity contribution in [2.24, 2.45) is 0 Å². The predicted octanol–water partition coefficient (Wildman–Crippen LogP) is 4.44. The van der Waals surface area contributed by atoms with Gasteiger partial charge in [-0.1, -0.05) is 6.92 Å². The van der Waals surface area contributed by atoms with Crippen LogP contribution in [-0.4, -0.2) is 60.4 Å². The topological polar surface area (TPSA) is 129 Å². The zero-order valence-corrected chi connectivity index (χ0v) is 25.2. The molecular weight excluding hydrogens is 591 g/mol. The van der Waals surface area contributed by atoms with Gasteiger partial charge in [0.05, 0.1) is 38.9 Å². The molecule has 230 valence electrons. The monoisotopic (exact) mass is 627 g/mol. The Morgan fingerprint density at radius 1 is 1.24 bits per heavy atom. The fourth-order valence-electron chi connectivity index (χ4n) is 5.47. The molecule has 3 aromatic heterocycles. The van der Waals surface area contributed by atoms with Crippen molar-refractivity contribution in [1.82, 2.24) is 25.2 Å². The SMILES string of the molecule is CCS(=O)c1ccc(CNC(=O)c2cc3c(s2)C2(CCN([C@H](C)c4cnc(C(F)(F)F)nc4)CC2)O[C@@H](C)C3)nc1.O.[HH]. The van der Waals surface area contributed by atoms with Gasteiger partial charge in [0.15, 0.2) is 0 Å². The Morgan fingerprint density at radius 2 is 1.93 bits per heavy atom. The highest BCUT2D eigenvalue weighted by molar-refractivity contribution is 7.85. The Balaban J connectivity index is 0.00000253. The number of amides is 1. The van der Waals surface area contributed by atoms with Crippen LogP contribution in [0.15, 0.2) is 41.7 Å². The lowest BCUT2D eigenvalue weighted by molar-refractivity contribution is -0.145. The molecule has 2 aliphatic rings. The van der Waals surface area contributed by atoms with Gasteiger partial charge in [0, 0.05) is 55.3 Å². The van der Waals surface area contributed by atoms with E-state index in [0.717, 1.165) is 16.9 Å². The molecule has 3 aromatic rings. The smallest absolute Gasteiger partial charge is 0.412 e. The summed E-state index contributed by atoms with van der Waals surface area (Å²) < 4.78 is 57.1. The normalized spacial score (nSPS) is 19.9. The summed E-state index contributed by atoms with van der Waals surface area (Å²) >= 11 is 1.46. The Kier molecular flexibility index (Phi) is 9.82. The number of hydrogen-bond acceptors (Lipinski definition) is 8. The van der Waals surface area contributed by atoms with Crippen LogP contribution in [0, 0.1) is 0 Å². The highest BCUT2D eigenvalue weighted by Crippen LogP contribution is 2.48. The highest BCUT2D eigenvalue weighted by atomic mass is 32.2. The Hall–Kier alpha value is -2.78. The molecule has 1 saturated heterocycles. The van der Waals surface area contributed by atoms with Crippen molar-refractivity contribution < 1.29 is 33.8 Å². The van der Waals surface area contributed by atoms with Crippen LogP contribution in [0.25, 0.3) is 0 Å². The molecule has 5 rings (SSSR count). The van der Waals surface area contributed by atoms with Crippen LogP contribution in [0.1, 0.15) is 78.3 Å². The number of hydrogen-bond donors (Lipinski definition) is 1. The van der Waals surface area contributed by atoms with E-state index >= 15 is 0 Å². The lowest BCUT2D eigenvalue weighted by Gasteiger charge is -2.47. The lowest BCUT2D eigenvalue weighted by Crippen LogP contribution is -2.48. The van der Waals surface area contributed by atoms with Crippen molar-refractivity contribution >= 4 is 28.0 Å². The molecule has 0 aliphatic carbocycles.